The highest BCUT2D eigenvalue weighted by Crippen LogP contribution is 2.29. The molecule has 0 bridgehead atoms. The molecule has 6 rings (SSSR count). The molecule has 3 aromatic heterocycles. The van der Waals surface area contributed by atoms with Gasteiger partial charge in [0.2, 0.25) is 5.95 Å². The van der Waals surface area contributed by atoms with Crippen molar-refractivity contribution in [3.63, 3.8) is 0 Å². The first-order chi connectivity index (χ1) is 17.7. The zero-order valence-corrected chi connectivity index (χ0v) is 20.1. The standard InChI is InChI=1S/C27H27N7O2/c1-35-23-8-6-20-17-33(18-21(20)14-23)27-29-12-10-24(32-27)26-28-11-9-22(31-26)7-5-19-15-30-34(16-19)25-4-2-3-13-36-25/h5-12,14-16,25H,2-4,13,17-18H2,1H3/b7-5+. The summed E-state index contributed by atoms with van der Waals surface area (Å²) in [5.41, 5.74) is 4.96. The highest BCUT2D eigenvalue weighted by Gasteiger charge is 2.22. The molecule has 0 amide bonds. The van der Waals surface area contributed by atoms with E-state index in [2.05, 4.69) is 32.1 Å². The maximum absolute atomic E-state index is 5.81. The van der Waals surface area contributed by atoms with Crippen LogP contribution in [0, 0.1) is 0 Å². The van der Waals surface area contributed by atoms with Gasteiger partial charge in [0.05, 0.1) is 19.0 Å². The molecule has 9 nitrogen and oxygen atoms in total. The second-order valence-corrected chi connectivity index (χ2v) is 8.95. The van der Waals surface area contributed by atoms with E-state index in [9.17, 15) is 0 Å². The fourth-order valence-electron chi connectivity index (χ4n) is 4.56. The van der Waals surface area contributed by atoms with Crippen LogP contribution in [0.15, 0.2) is 55.1 Å². The van der Waals surface area contributed by atoms with Crippen molar-refractivity contribution in [3.8, 4) is 17.3 Å². The monoisotopic (exact) mass is 481 g/mol. The minimum Gasteiger partial charge on any atom is -0.497 e. The van der Waals surface area contributed by atoms with E-state index in [1.54, 1.807) is 19.5 Å². The molecule has 1 atom stereocenters. The van der Waals surface area contributed by atoms with E-state index in [4.69, 9.17) is 19.4 Å². The highest BCUT2D eigenvalue weighted by molar-refractivity contribution is 5.68. The molecular formula is C27H27N7O2. The van der Waals surface area contributed by atoms with Gasteiger partial charge in [-0.1, -0.05) is 6.07 Å². The number of nitrogens with zero attached hydrogens (tertiary/aromatic N) is 7. The molecule has 0 spiro atoms. The van der Waals surface area contributed by atoms with Gasteiger partial charge in [0.25, 0.3) is 0 Å². The fourth-order valence-corrected chi connectivity index (χ4v) is 4.56. The zero-order valence-electron chi connectivity index (χ0n) is 20.1. The Bertz CT molecular complexity index is 1390. The summed E-state index contributed by atoms with van der Waals surface area (Å²) < 4.78 is 13.1. The summed E-state index contributed by atoms with van der Waals surface area (Å²) >= 11 is 0. The Labute approximate surface area is 209 Å². The molecule has 0 radical (unpaired) electrons. The summed E-state index contributed by atoms with van der Waals surface area (Å²) in [6.45, 7) is 2.29. The molecule has 2 aliphatic heterocycles. The zero-order chi connectivity index (χ0) is 24.3. The number of hydrogen-bond donors (Lipinski definition) is 0. The number of hydrogen-bond acceptors (Lipinski definition) is 8. The molecule has 5 heterocycles. The van der Waals surface area contributed by atoms with Gasteiger partial charge in [-0.05, 0) is 66.8 Å². The molecule has 0 N–H and O–H groups in total. The Morgan fingerprint density at radius 1 is 1.00 bits per heavy atom. The van der Waals surface area contributed by atoms with Crippen LogP contribution in [0.2, 0.25) is 0 Å². The summed E-state index contributed by atoms with van der Waals surface area (Å²) in [7, 11) is 1.68. The summed E-state index contributed by atoms with van der Waals surface area (Å²) in [5, 5.41) is 4.47. The number of anilines is 1. The van der Waals surface area contributed by atoms with Crippen LogP contribution in [0.25, 0.3) is 23.7 Å². The van der Waals surface area contributed by atoms with Crippen LogP contribution in [0.1, 0.15) is 47.9 Å². The summed E-state index contributed by atoms with van der Waals surface area (Å²) in [6.07, 6.45) is 14.6. The number of ether oxygens (including phenoxy) is 2. The van der Waals surface area contributed by atoms with Crippen molar-refractivity contribution in [2.75, 3.05) is 18.6 Å². The highest BCUT2D eigenvalue weighted by atomic mass is 16.5. The van der Waals surface area contributed by atoms with Crippen molar-refractivity contribution in [3.05, 3.63) is 77.5 Å². The van der Waals surface area contributed by atoms with Gasteiger partial charge in [0.15, 0.2) is 5.82 Å². The van der Waals surface area contributed by atoms with Gasteiger partial charge in [0, 0.05) is 43.9 Å². The van der Waals surface area contributed by atoms with E-state index < -0.39 is 0 Å². The lowest BCUT2D eigenvalue weighted by Crippen LogP contribution is -2.18. The largest absolute Gasteiger partial charge is 0.497 e. The Morgan fingerprint density at radius 3 is 2.81 bits per heavy atom. The van der Waals surface area contributed by atoms with Crippen LogP contribution in [-0.2, 0) is 17.8 Å². The van der Waals surface area contributed by atoms with Crippen LogP contribution in [0.5, 0.6) is 5.75 Å². The smallest absolute Gasteiger partial charge is 0.226 e. The second-order valence-electron chi connectivity index (χ2n) is 8.95. The molecule has 4 aromatic rings. The minimum absolute atomic E-state index is 0.0314. The van der Waals surface area contributed by atoms with Crippen LogP contribution in [0.3, 0.4) is 0 Å². The lowest BCUT2D eigenvalue weighted by molar-refractivity contribution is -0.0394. The first-order valence-electron chi connectivity index (χ1n) is 12.2. The predicted molar refractivity (Wildman–Crippen MR) is 136 cm³/mol. The molecule has 0 aliphatic carbocycles. The van der Waals surface area contributed by atoms with Crippen molar-refractivity contribution < 1.29 is 9.47 Å². The van der Waals surface area contributed by atoms with Crippen molar-refractivity contribution in [1.29, 1.82) is 0 Å². The molecule has 2 aliphatic rings. The normalized spacial score (nSPS) is 17.5. The Hall–Kier alpha value is -4.11. The average Bonchev–Trinajstić information content (AvgIpc) is 3.60. The van der Waals surface area contributed by atoms with E-state index in [1.807, 2.05) is 47.4 Å². The molecular weight excluding hydrogens is 454 g/mol. The second kappa shape index (κ2) is 9.87. The number of rotatable bonds is 6. The Morgan fingerprint density at radius 2 is 1.92 bits per heavy atom. The number of benzene rings is 1. The maximum Gasteiger partial charge on any atom is 0.226 e. The van der Waals surface area contributed by atoms with Gasteiger partial charge in [-0.2, -0.15) is 5.10 Å². The van der Waals surface area contributed by atoms with E-state index >= 15 is 0 Å². The van der Waals surface area contributed by atoms with Crippen LogP contribution < -0.4 is 9.64 Å². The third-order valence-corrected chi connectivity index (χ3v) is 6.49. The van der Waals surface area contributed by atoms with E-state index in [-0.39, 0.29) is 6.23 Å². The molecule has 9 heteroatoms. The minimum atomic E-state index is 0.0314. The van der Waals surface area contributed by atoms with Crippen LogP contribution >= 0.6 is 0 Å². The molecule has 36 heavy (non-hydrogen) atoms. The van der Waals surface area contributed by atoms with Gasteiger partial charge in [-0.15, -0.1) is 0 Å². The van der Waals surface area contributed by atoms with Crippen molar-refractivity contribution in [1.82, 2.24) is 29.7 Å². The number of methoxy groups -OCH3 is 1. The van der Waals surface area contributed by atoms with E-state index in [0.717, 1.165) is 49.5 Å². The third-order valence-electron chi connectivity index (χ3n) is 6.49. The van der Waals surface area contributed by atoms with Crippen LogP contribution in [-0.4, -0.2) is 43.4 Å². The van der Waals surface area contributed by atoms with Gasteiger partial charge in [-0.25, -0.2) is 24.6 Å². The third kappa shape index (κ3) is 4.70. The van der Waals surface area contributed by atoms with Crippen LogP contribution in [0.4, 0.5) is 5.95 Å². The fraction of sp³-hybridized carbons (Fsp3) is 0.296. The Kier molecular flexibility index (Phi) is 6.13. The molecule has 0 saturated carbocycles. The van der Waals surface area contributed by atoms with Gasteiger partial charge < -0.3 is 14.4 Å². The summed E-state index contributed by atoms with van der Waals surface area (Å²) in [5.74, 6) is 2.08. The van der Waals surface area contributed by atoms with Crippen molar-refractivity contribution in [2.24, 2.45) is 0 Å². The Balaban J connectivity index is 1.17. The van der Waals surface area contributed by atoms with Gasteiger partial charge >= 0.3 is 0 Å². The quantitative estimate of drug-likeness (QED) is 0.397. The van der Waals surface area contributed by atoms with Gasteiger partial charge in [0.1, 0.15) is 17.7 Å². The molecule has 1 unspecified atom stereocenters. The van der Waals surface area contributed by atoms with Gasteiger partial charge in [-0.3, -0.25) is 0 Å². The first kappa shape index (κ1) is 22.4. The molecule has 1 saturated heterocycles. The average molecular weight is 482 g/mol. The van der Waals surface area contributed by atoms with E-state index in [1.165, 1.54) is 17.5 Å². The summed E-state index contributed by atoms with van der Waals surface area (Å²) in [6, 6.07) is 9.88. The van der Waals surface area contributed by atoms with Crippen molar-refractivity contribution >= 4 is 18.1 Å². The lowest BCUT2D eigenvalue weighted by atomic mass is 10.1. The number of fused-ring (bicyclic) bond motifs is 1. The SMILES string of the molecule is COc1ccc2c(c1)CN(c1nccc(-c3nccc(/C=C/c4cnn(C5CCCCO5)c4)n3)n1)C2. The topological polar surface area (TPSA) is 91.1 Å². The molecule has 1 aromatic carbocycles. The van der Waals surface area contributed by atoms with E-state index in [0.29, 0.717) is 17.5 Å². The first-order valence-corrected chi connectivity index (χ1v) is 12.2. The lowest BCUT2D eigenvalue weighted by Gasteiger charge is -2.22. The maximum atomic E-state index is 5.81. The summed E-state index contributed by atoms with van der Waals surface area (Å²) in [4.78, 5) is 20.6. The molecule has 1 fully saturated rings. The number of aromatic nitrogens is 6. The molecule has 182 valence electrons. The van der Waals surface area contributed by atoms with Crippen molar-refractivity contribution in [2.45, 2.75) is 38.6 Å². The predicted octanol–water partition coefficient (Wildman–Crippen LogP) is 4.53.